The Morgan fingerprint density at radius 3 is 2.38 bits per heavy atom. The number of carbonyl (C=O) groups is 1. The van der Waals surface area contributed by atoms with Crippen LogP contribution in [0.3, 0.4) is 0 Å². The topological polar surface area (TPSA) is 46.3 Å². The molecule has 0 aliphatic carbocycles. The maximum Gasteiger partial charge on any atom is 0.224 e. The lowest BCUT2D eigenvalue weighted by Crippen LogP contribution is -2.43. The zero-order valence-corrected chi connectivity index (χ0v) is 11.0. The summed E-state index contributed by atoms with van der Waals surface area (Å²) in [5, 5.41) is 0. The van der Waals surface area contributed by atoms with E-state index in [1.54, 1.807) is 0 Å². The van der Waals surface area contributed by atoms with Gasteiger partial charge in [-0.15, -0.1) is 0 Å². The van der Waals surface area contributed by atoms with Gasteiger partial charge < -0.3 is 10.6 Å². The van der Waals surface area contributed by atoms with Gasteiger partial charge in [0.1, 0.15) is 0 Å². The van der Waals surface area contributed by atoms with E-state index < -0.39 is 0 Å². The molecule has 3 nitrogen and oxygen atoms in total. The molecule has 1 aliphatic heterocycles. The average molecular weight is 226 g/mol. The molecule has 0 saturated carbocycles. The number of amides is 1. The molecule has 1 saturated heterocycles. The van der Waals surface area contributed by atoms with Crippen molar-refractivity contribution in [2.75, 3.05) is 13.1 Å². The van der Waals surface area contributed by atoms with Crippen LogP contribution in [-0.2, 0) is 4.79 Å². The van der Waals surface area contributed by atoms with Crippen LogP contribution >= 0.6 is 0 Å². The Hall–Kier alpha value is -0.570. The predicted octanol–water partition coefficient (Wildman–Crippen LogP) is 2.15. The fraction of sp³-hybridized carbons (Fsp3) is 0.923. The quantitative estimate of drug-likeness (QED) is 0.798. The van der Waals surface area contributed by atoms with Gasteiger partial charge >= 0.3 is 0 Å². The van der Waals surface area contributed by atoms with E-state index in [2.05, 4.69) is 13.8 Å². The normalized spacial score (nSPS) is 21.9. The van der Waals surface area contributed by atoms with Gasteiger partial charge in [0, 0.05) is 25.6 Å². The molecule has 0 aromatic rings. The number of rotatable bonds is 4. The van der Waals surface area contributed by atoms with Gasteiger partial charge in [0.2, 0.25) is 5.91 Å². The van der Waals surface area contributed by atoms with Crippen molar-refractivity contribution in [1.82, 2.24) is 4.90 Å². The van der Waals surface area contributed by atoms with Crippen LogP contribution in [0.4, 0.5) is 0 Å². The van der Waals surface area contributed by atoms with Crippen LogP contribution in [0.15, 0.2) is 0 Å². The first-order valence-corrected chi connectivity index (χ1v) is 6.54. The van der Waals surface area contributed by atoms with Crippen molar-refractivity contribution in [3.8, 4) is 0 Å². The molecule has 1 unspecified atom stereocenters. The molecule has 0 aromatic carbocycles. The SMILES string of the molecule is CCC(N)CC(=O)N1CCC(C)(CC)CC1. The average Bonchev–Trinajstić information content (AvgIpc) is 2.29. The van der Waals surface area contributed by atoms with Crippen LogP contribution in [0, 0.1) is 5.41 Å². The van der Waals surface area contributed by atoms with Gasteiger partial charge in [-0.05, 0) is 24.7 Å². The number of nitrogens with zero attached hydrogens (tertiary/aromatic N) is 1. The summed E-state index contributed by atoms with van der Waals surface area (Å²) in [5.41, 5.74) is 6.26. The van der Waals surface area contributed by atoms with E-state index in [0.717, 1.165) is 32.4 Å². The zero-order valence-electron chi connectivity index (χ0n) is 11.0. The van der Waals surface area contributed by atoms with Crippen LogP contribution < -0.4 is 5.73 Å². The van der Waals surface area contributed by atoms with Crippen LogP contribution in [0.5, 0.6) is 0 Å². The minimum Gasteiger partial charge on any atom is -0.343 e. The smallest absolute Gasteiger partial charge is 0.224 e. The first kappa shape index (κ1) is 13.5. The van der Waals surface area contributed by atoms with Crippen molar-refractivity contribution in [2.24, 2.45) is 11.1 Å². The van der Waals surface area contributed by atoms with Crippen molar-refractivity contribution in [2.45, 2.75) is 58.9 Å². The zero-order chi connectivity index (χ0) is 12.2. The summed E-state index contributed by atoms with van der Waals surface area (Å²) >= 11 is 0. The summed E-state index contributed by atoms with van der Waals surface area (Å²) in [5.74, 6) is 0.243. The van der Waals surface area contributed by atoms with Gasteiger partial charge in [-0.2, -0.15) is 0 Å². The van der Waals surface area contributed by atoms with E-state index in [4.69, 9.17) is 5.73 Å². The number of nitrogens with two attached hydrogens (primary N) is 1. The molecule has 0 spiro atoms. The van der Waals surface area contributed by atoms with Crippen molar-refractivity contribution in [3.63, 3.8) is 0 Å². The van der Waals surface area contributed by atoms with Crippen molar-refractivity contribution in [1.29, 1.82) is 0 Å². The monoisotopic (exact) mass is 226 g/mol. The second kappa shape index (κ2) is 5.67. The van der Waals surface area contributed by atoms with E-state index in [9.17, 15) is 4.79 Å². The van der Waals surface area contributed by atoms with Crippen molar-refractivity contribution < 1.29 is 4.79 Å². The fourth-order valence-corrected chi connectivity index (χ4v) is 2.15. The molecule has 0 radical (unpaired) electrons. The number of hydrogen-bond donors (Lipinski definition) is 1. The lowest BCUT2D eigenvalue weighted by Gasteiger charge is -2.39. The highest BCUT2D eigenvalue weighted by Crippen LogP contribution is 2.34. The second-order valence-electron chi connectivity index (χ2n) is 5.42. The summed E-state index contributed by atoms with van der Waals surface area (Å²) in [6.45, 7) is 8.43. The predicted molar refractivity (Wildman–Crippen MR) is 67.1 cm³/mol. The molecule has 94 valence electrons. The summed E-state index contributed by atoms with van der Waals surface area (Å²) in [4.78, 5) is 13.9. The van der Waals surface area contributed by atoms with Gasteiger partial charge in [-0.25, -0.2) is 0 Å². The molecule has 3 heteroatoms. The molecular formula is C13H26N2O. The summed E-state index contributed by atoms with van der Waals surface area (Å²) < 4.78 is 0. The van der Waals surface area contributed by atoms with Gasteiger partial charge in [0.15, 0.2) is 0 Å². The van der Waals surface area contributed by atoms with Gasteiger partial charge in [0.05, 0.1) is 0 Å². The third-order valence-corrected chi connectivity index (χ3v) is 4.14. The highest BCUT2D eigenvalue weighted by Gasteiger charge is 2.30. The van der Waals surface area contributed by atoms with Crippen molar-refractivity contribution >= 4 is 5.91 Å². The molecule has 0 bridgehead atoms. The van der Waals surface area contributed by atoms with Crippen LogP contribution in [0.2, 0.25) is 0 Å². The highest BCUT2D eigenvalue weighted by atomic mass is 16.2. The molecular weight excluding hydrogens is 200 g/mol. The van der Waals surface area contributed by atoms with Crippen molar-refractivity contribution in [3.05, 3.63) is 0 Å². The first-order valence-electron chi connectivity index (χ1n) is 6.54. The fourth-order valence-electron chi connectivity index (χ4n) is 2.15. The molecule has 1 amide bonds. The Bertz CT molecular complexity index is 232. The summed E-state index contributed by atoms with van der Waals surface area (Å²) in [6, 6.07) is 0.0342. The molecule has 2 N–H and O–H groups in total. The molecule has 1 fully saturated rings. The number of carbonyl (C=O) groups excluding carboxylic acids is 1. The molecule has 16 heavy (non-hydrogen) atoms. The molecule has 1 atom stereocenters. The standard InChI is InChI=1S/C13H26N2O/c1-4-11(14)10-12(16)15-8-6-13(3,5-2)7-9-15/h11H,4-10,14H2,1-3H3. The van der Waals surface area contributed by atoms with E-state index in [-0.39, 0.29) is 11.9 Å². The van der Waals surface area contributed by atoms with Gasteiger partial charge in [-0.1, -0.05) is 27.2 Å². The Morgan fingerprint density at radius 2 is 1.94 bits per heavy atom. The number of likely N-dealkylation sites (tertiary alicyclic amines) is 1. The summed E-state index contributed by atoms with van der Waals surface area (Å²) in [7, 11) is 0. The molecule has 1 heterocycles. The first-order chi connectivity index (χ1) is 7.50. The number of piperidine rings is 1. The highest BCUT2D eigenvalue weighted by molar-refractivity contribution is 5.76. The van der Waals surface area contributed by atoms with Gasteiger partial charge in [-0.3, -0.25) is 4.79 Å². The maximum absolute atomic E-state index is 11.9. The van der Waals surface area contributed by atoms with E-state index >= 15 is 0 Å². The van der Waals surface area contributed by atoms with Crippen LogP contribution in [-0.4, -0.2) is 29.9 Å². The Balaban J connectivity index is 2.39. The molecule has 0 aromatic heterocycles. The van der Waals surface area contributed by atoms with Gasteiger partial charge in [0.25, 0.3) is 0 Å². The molecule has 1 aliphatic rings. The Kier molecular flexibility index (Phi) is 4.78. The van der Waals surface area contributed by atoms with Crippen LogP contribution in [0.25, 0.3) is 0 Å². The molecule has 1 rings (SSSR count). The Labute approximate surface area is 99.4 Å². The third kappa shape index (κ3) is 3.48. The van der Waals surface area contributed by atoms with E-state index in [0.29, 0.717) is 11.8 Å². The lowest BCUT2D eigenvalue weighted by atomic mass is 9.78. The largest absolute Gasteiger partial charge is 0.343 e. The third-order valence-electron chi connectivity index (χ3n) is 4.14. The van der Waals surface area contributed by atoms with Crippen LogP contribution in [0.1, 0.15) is 52.9 Å². The number of hydrogen-bond acceptors (Lipinski definition) is 2. The van der Waals surface area contributed by atoms with E-state index in [1.807, 2.05) is 11.8 Å². The summed E-state index contributed by atoms with van der Waals surface area (Å²) in [6.07, 6.45) is 4.88. The maximum atomic E-state index is 11.9. The lowest BCUT2D eigenvalue weighted by molar-refractivity contribution is -0.133. The minimum absolute atomic E-state index is 0.0342. The van der Waals surface area contributed by atoms with E-state index in [1.165, 1.54) is 6.42 Å². The second-order valence-corrected chi connectivity index (χ2v) is 5.42. The minimum atomic E-state index is 0.0342. The Morgan fingerprint density at radius 1 is 1.38 bits per heavy atom.